The fraction of sp³-hybridized carbons (Fsp3) is 0.308. The number of hydrogen-bond donors (Lipinski definition) is 2. The number of likely N-dealkylation sites (tertiary alicyclic amines) is 1. The molecule has 1 aliphatic rings. The van der Waals surface area contributed by atoms with Crippen molar-refractivity contribution in [1.82, 2.24) is 15.2 Å². The van der Waals surface area contributed by atoms with E-state index in [4.69, 9.17) is 27.9 Å². The van der Waals surface area contributed by atoms with E-state index in [0.717, 1.165) is 10.1 Å². The van der Waals surface area contributed by atoms with Crippen molar-refractivity contribution in [2.75, 3.05) is 20.2 Å². The quantitative estimate of drug-likeness (QED) is 0.366. The van der Waals surface area contributed by atoms with Gasteiger partial charge in [-0.15, -0.1) is 11.3 Å². The highest BCUT2D eigenvalue weighted by Gasteiger charge is 2.29. The zero-order valence-electron chi connectivity index (χ0n) is 19.9. The van der Waals surface area contributed by atoms with Gasteiger partial charge in [0.2, 0.25) is 17.7 Å². The van der Waals surface area contributed by atoms with E-state index < -0.39 is 12.0 Å². The molecule has 0 radical (unpaired) electrons. The summed E-state index contributed by atoms with van der Waals surface area (Å²) in [5.74, 6) is -1.38. The molecule has 3 aromatic rings. The molecule has 1 saturated heterocycles. The van der Waals surface area contributed by atoms with Gasteiger partial charge in [0.1, 0.15) is 0 Å². The maximum absolute atomic E-state index is 12.9. The summed E-state index contributed by atoms with van der Waals surface area (Å²) < 4.78 is 5.95. The lowest BCUT2D eigenvalue weighted by Crippen LogP contribution is -2.43. The molecule has 0 spiro atoms. The molecule has 3 heterocycles. The van der Waals surface area contributed by atoms with Crippen LogP contribution in [0.3, 0.4) is 0 Å². The highest BCUT2D eigenvalue weighted by molar-refractivity contribution is 7.18. The molecule has 2 N–H and O–H groups in total. The number of carbonyl (C=O) groups is 3. The number of aliphatic carboxylic acids is 1. The highest BCUT2D eigenvalue weighted by atomic mass is 35.5. The van der Waals surface area contributed by atoms with Crippen LogP contribution in [0.2, 0.25) is 10.0 Å². The number of nitrogens with zero attached hydrogens (tertiary/aromatic N) is 2. The predicted octanol–water partition coefficient (Wildman–Crippen LogP) is 5.20. The molecule has 1 fully saturated rings. The molecule has 1 unspecified atom stereocenters. The first-order valence-electron chi connectivity index (χ1n) is 11.6. The number of hydrogen-bond acceptors (Lipinski definition) is 6. The standard InChI is InChI=1S/C26H25Cl2N3O5S/c1-36-20-4-2-18(14-29-20)19(13-22(33)34)30-26(35)15-6-9-31(10-7-15)21(32)5-3-16-12-17-8-11-37-25(17)24(28)23(16)27/h2-5,8,11-12,14-15,19H,6-7,9-10,13H2,1H3,(H,30,35)(H,33,34). The molecule has 4 rings (SSSR count). The summed E-state index contributed by atoms with van der Waals surface area (Å²) in [5, 5.41) is 15.9. The minimum atomic E-state index is -1.03. The van der Waals surface area contributed by atoms with E-state index in [2.05, 4.69) is 10.3 Å². The number of methoxy groups -OCH3 is 1. The third kappa shape index (κ3) is 6.41. The van der Waals surface area contributed by atoms with Crippen molar-refractivity contribution in [3.63, 3.8) is 0 Å². The van der Waals surface area contributed by atoms with Crippen molar-refractivity contribution < 1.29 is 24.2 Å². The second-order valence-corrected chi connectivity index (χ2v) is 10.3. The van der Waals surface area contributed by atoms with Crippen LogP contribution in [0.15, 0.2) is 41.9 Å². The first-order valence-corrected chi connectivity index (χ1v) is 13.2. The number of nitrogens with one attached hydrogen (secondary N) is 1. The second-order valence-electron chi connectivity index (χ2n) is 8.66. The fourth-order valence-electron chi connectivity index (χ4n) is 4.25. The van der Waals surface area contributed by atoms with E-state index in [0.29, 0.717) is 53.0 Å². The summed E-state index contributed by atoms with van der Waals surface area (Å²) in [4.78, 5) is 42.9. The van der Waals surface area contributed by atoms with Crippen LogP contribution in [0.1, 0.15) is 36.4 Å². The summed E-state index contributed by atoms with van der Waals surface area (Å²) >= 11 is 14.3. The molecular formula is C26H25Cl2N3O5S. The summed E-state index contributed by atoms with van der Waals surface area (Å²) in [6.45, 7) is 0.819. The molecule has 11 heteroatoms. The van der Waals surface area contributed by atoms with Crippen LogP contribution in [-0.2, 0) is 14.4 Å². The molecule has 0 saturated carbocycles. The number of fused-ring (bicyclic) bond motifs is 1. The molecule has 1 atom stereocenters. The number of aromatic nitrogens is 1. The number of benzene rings is 1. The molecule has 0 bridgehead atoms. The van der Waals surface area contributed by atoms with Crippen molar-refractivity contribution >= 4 is 68.5 Å². The number of carboxylic acid groups (broad SMARTS) is 1. The van der Waals surface area contributed by atoms with Crippen LogP contribution >= 0.6 is 34.5 Å². The zero-order chi connectivity index (χ0) is 26.5. The fourth-order valence-corrected chi connectivity index (χ4v) is 5.69. The molecular weight excluding hydrogens is 537 g/mol. The van der Waals surface area contributed by atoms with E-state index in [1.807, 2.05) is 17.5 Å². The van der Waals surface area contributed by atoms with Crippen molar-refractivity contribution in [2.24, 2.45) is 5.92 Å². The molecule has 1 aliphatic heterocycles. The number of piperidine rings is 1. The number of amides is 2. The average molecular weight is 562 g/mol. The lowest BCUT2D eigenvalue weighted by atomic mass is 9.94. The third-order valence-electron chi connectivity index (χ3n) is 6.30. The van der Waals surface area contributed by atoms with E-state index in [-0.39, 0.29) is 24.2 Å². The van der Waals surface area contributed by atoms with Crippen LogP contribution in [0, 0.1) is 5.92 Å². The SMILES string of the molecule is COc1ccc(C(CC(=O)O)NC(=O)C2CCN(C(=O)C=Cc3cc4ccsc4c(Cl)c3Cl)CC2)cn1. The van der Waals surface area contributed by atoms with Gasteiger partial charge in [-0.2, -0.15) is 0 Å². The van der Waals surface area contributed by atoms with Crippen LogP contribution < -0.4 is 10.1 Å². The summed E-state index contributed by atoms with van der Waals surface area (Å²) in [5.41, 5.74) is 1.24. The number of thiophene rings is 1. The lowest BCUT2D eigenvalue weighted by molar-refractivity contribution is -0.138. The normalized spacial score (nSPS) is 15.2. The number of carboxylic acids is 1. The van der Waals surface area contributed by atoms with E-state index >= 15 is 0 Å². The van der Waals surface area contributed by atoms with Crippen molar-refractivity contribution in [2.45, 2.75) is 25.3 Å². The van der Waals surface area contributed by atoms with Crippen LogP contribution in [0.5, 0.6) is 5.88 Å². The van der Waals surface area contributed by atoms with Crippen molar-refractivity contribution in [1.29, 1.82) is 0 Å². The summed E-state index contributed by atoms with van der Waals surface area (Å²) in [6.07, 6.45) is 5.29. The molecule has 0 aliphatic carbocycles. The largest absolute Gasteiger partial charge is 0.481 e. The van der Waals surface area contributed by atoms with E-state index in [1.54, 1.807) is 23.1 Å². The first-order chi connectivity index (χ1) is 17.8. The second kappa shape index (κ2) is 11.9. The number of halogens is 2. The maximum atomic E-state index is 12.9. The predicted molar refractivity (Wildman–Crippen MR) is 144 cm³/mol. The Bertz CT molecular complexity index is 1330. The van der Waals surface area contributed by atoms with Gasteiger partial charge < -0.3 is 20.1 Å². The van der Waals surface area contributed by atoms with Gasteiger partial charge in [0.25, 0.3) is 0 Å². The number of rotatable bonds is 8. The van der Waals surface area contributed by atoms with Crippen LogP contribution in [-0.4, -0.2) is 53.0 Å². The van der Waals surface area contributed by atoms with E-state index in [9.17, 15) is 19.5 Å². The number of carbonyl (C=O) groups excluding carboxylic acids is 2. The zero-order valence-corrected chi connectivity index (χ0v) is 22.3. The monoisotopic (exact) mass is 561 g/mol. The topological polar surface area (TPSA) is 109 Å². The highest BCUT2D eigenvalue weighted by Crippen LogP contribution is 2.37. The van der Waals surface area contributed by atoms with Gasteiger partial charge in [0, 0.05) is 37.3 Å². The lowest BCUT2D eigenvalue weighted by Gasteiger charge is -2.31. The molecule has 8 nitrogen and oxygen atoms in total. The molecule has 37 heavy (non-hydrogen) atoms. The number of ether oxygens (including phenoxy) is 1. The Morgan fingerprint density at radius 1 is 1.24 bits per heavy atom. The Labute approximate surface area is 227 Å². The number of pyridine rings is 1. The average Bonchev–Trinajstić information content (AvgIpc) is 3.38. The van der Waals surface area contributed by atoms with Gasteiger partial charge in [-0.1, -0.05) is 29.3 Å². The van der Waals surface area contributed by atoms with Crippen LogP contribution in [0.25, 0.3) is 16.2 Å². The smallest absolute Gasteiger partial charge is 0.305 e. The molecule has 1 aromatic carbocycles. The maximum Gasteiger partial charge on any atom is 0.305 e. The van der Waals surface area contributed by atoms with Gasteiger partial charge >= 0.3 is 5.97 Å². The molecule has 194 valence electrons. The third-order valence-corrected chi connectivity index (χ3v) is 8.24. The molecule has 2 amide bonds. The van der Waals surface area contributed by atoms with Gasteiger partial charge in [-0.3, -0.25) is 14.4 Å². The Morgan fingerprint density at radius 2 is 2.00 bits per heavy atom. The van der Waals surface area contributed by atoms with E-state index in [1.165, 1.54) is 30.7 Å². The van der Waals surface area contributed by atoms with Gasteiger partial charge in [0.05, 0.1) is 34.3 Å². The minimum absolute atomic E-state index is 0.176. The van der Waals surface area contributed by atoms with Crippen LogP contribution in [0.4, 0.5) is 0 Å². The summed E-state index contributed by atoms with van der Waals surface area (Å²) in [6, 6.07) is 6.43. The van der Waals surface area contributed by atoms with Crippen molar-refractivity contribution in [3.8, 4) is 5.88 Å². The van der Waals surface area contributed by atoms with Crippen molar-refractivity contribution in [3.05, 3.63) is 63.1 Å². The summed E-state index contributed by atoms with van der Waals surface area (Å²) in [7, 11) is 1.49. The Kier molecular flexibility index (Phi) is 8.68. The minimum Gasteiger partial charge on any atom is -0.481 e. The van der Waals surface area contributed by atoms with Gasteiger partial charge in [-0.05, 0) is 52.9 Å². The van der Waals surface area contributed by atoms with Gasteiger partial charge in [0.15, 0.2) is 0 Å². The Balaban J connectivity index is 1.35. The first kappa shape index (κ1) is 26.9. The molecule has 2 aromatic heterocycles. The Morgan fingerprint density at radius 3 is 2.65 bits per heavy atom. The Hall–Kier alpha value is -3.14. The van der Waals surface area contributed by atoms with Gasteiger partial charge in [-0.25, -0.2) is 4.98 Å².